The van der Waals surface area contributed by atoms with Gasteiger partial charge in [0.05, 0.1) is 18.4 Å². The molecule has 0 radical (unpaired) electrons. The molecule has 0 bridgehead atoms. The molecular formula is C15H19N3O2. The number of aromatic nitrogens is 1. The summed E-state index contributed by atoms with van der Waals surface area (Å²) in [5.41, 5.74) is 0.967. The van der Waals surface area contributed by atoms with E-state index in [1.54, 1.807) is 6.07 Å². The first-order chi connectivity index (χ1) is 9.85. The summed E-state index contributed by atoms with van der Waals surface area (Å²) in [5, 5.41) is 12.2. The average molecular weight is 273 g/mol. The number of nitrogens with one attached hydrogen (secondary N) is 1. The van der Waals surface area contributed by atoms with Crippen LogP contribution in [-0.4, -0.2) is 23.2 Å². The molecule has 1 aliphatic heterocycles. The van der Waals surface area contributed by atoms with Crippen LogP contribution < -0.4 is 10.2 Å². The van der Waals surface area contributed by atoms with Gasteiger partial charge in [-0.1, -0.05) is 0 Å². The minimum absolute atomic E-state index is 0.0634. The molecular weight excluding hydrogens is 254 g/mol. The molecule has 1 aliphatic rings. The van der Waals surface area contributed by atoms with Crippen molar-refractivity contribution in [1.29, 1.82) is 0 Å². The van der Waals surface area contributed by atoms with Gasteiger partial charge in [0.25, 0.3) is 0 Å². The van der Waals surface area contributed by atoms with Crippen molar-refractivity contribution in [2.45, 2.75) is 26.0 Å². The zero-order valence-electron chi connectivity index (χ0n) is 11.4. The van der Waals surface area contributed by atoms with E-state index in [0.717, 1.165) is 30.4 Å². The van der Waals surface area contributed by atoms with Crippen molar-refractivity contribution >= 4 is 11.5 Å². The number of aliphatic hydroxyl groups excluding tert-OH is 1. The van der Waals surface area contributed by atoms with E-state index in [9.17, 15) is 0 Å². The predicted molar refractivity (Wildman–Crippen MR) is 77.6 cm³/mol. The van der Waals surface area contributed by atoms with Gasteiger partial charge in [-0.3, -0.25) is 0 Å². The number of furan rings is 1. The Bertz CT molecular complexity index is 545. The highest BCUT2D eigenvalue weighted by Crippen LogP contribution is 2.19. The number of hydrogen-bond acceptors (Lipinski definition) is 5. The molecule has 2 N–H and O–H groups in total. The molecule has 0 unspecified atom stereocenters. The number of aliphatic hydroxyl groups is 1. The van der Waals surface area contributed by atoms with Gasteiger partial charge in [-0.25, -0.2) is 4.98 Å². The lowest BCUT2D eigenvalue weighted by Crippen LogP contribution is -2.18. The standard InChI is InChI=1S/C15H19N3O2/c19-11-14-5-4-13(20-14)10-16-12-3-6-15(17-9-12)18-7-1-2-8-18/h3-6,9,16,19H,1-2,7-8,10-11H2. The quantitative estimate of drug-likeness (QED) is 0.875. The lowest BCUT2D eigenvalue weighted by atomic mass is 10.3. The Balaban J connectivity index is 1.57. The molecule has 5 nitrogen and oxygen atoms in total. The summed E-state index contributed by atoms with van der Waals surface area (Å²) in [7, 11) is 0. The molecule has 0 amide bonds. The second kappa shape index (κ2) is 5.96. The molecule has 0 atom stereocenters. The van der Waals surface area contributed by atoms with Gasteiger partial charge in [0.1, 0.15) is 23.9 Å². The van der Waals surface area contributed by atoms with Crippen LogP contribution in [0, 0.1) is 0 Å². The molecule has 3 heterocycles. The van der Waals surface area contributed by atoms with Gasteiger partial charge in [-0.2, -0.15) is 0 Å². The lowest BCUT2D eigenvalue weighted by molar-refractivity contribution is 0.244. The first-order valence-electron chi connectivity index (χ1n) is 6.98. The van der Waals surface area contributed by atoms with Crippen LogP contribution in [0.15, 0.2) is 34.9 Å². The van der Waals surface area contributed by atoms with Crippen LogP contribution >= 0.6 is 0 Å². The zero-order chi connectivity index (χ0) is 13.8. The lowest BCUT2D eigenvalue weighted by Gasteiger charge is -2.16. The molecule has 3 rings (SSSR count). The fourth-order valence-corrected chi connectivity index (χ4v) is 2.42. The molecule has 2 aromatic heterocycles. The third kappa shape index (κ3) is 2.93. The first-order valence-corrected chi connectivity index (χ1v) is 6.98. The van der Waals surface area contributed by atoms with Crippen molar-refractivity contribution in [2.24, 2.45) is 0 Å². The Morgan fingerprint density at radius 1 is 1.15 bits per heavy atom. The summed E-state index contributed by atoms with van der Waals surface area (Å²) in [5.74, 6) is 2.44. The van der Waals surface area contributed by atoms with E-state index >= 15 is 0 Å². The predicted octanol–water partition coefficient (Wildman–Crippen LogP) is 2.38. The third-order valence-corrected chi connectivity index (χ3v) is 3.52. The highest BCUT2D eigenvalue weighted by molar-refractivity contribution is 5.49. The van der Waals surface area contributed by atoms with E-state index in [1.165, 1.54) is 12.8 Å². The van der Waals surface area contributed by atoms with Crippen LogP contribution in [0.3, 0.4) is 0 Å². The minimum atomic E-state index is -0.0634. The fraction of sp³-hybridized carbons (Fsp3) is 0.400. The Morgan fingerprint density at radius 2 is 1.95 bits per heavy atom. The van der Waals surface area contributed by atoms with Crippen molar-refractivity contribution in [3.63, 3.8) is 0 Å². The number of rotatable bonds is 5. The molecule has 2 aromatic rings. The number of pyridine rings is 1. The van der Waals surface area contributed by atoms with Gasteiger partial charge in [0, 0.05) is 13.1 Å². The van der Waals surface area contributed by atoms with Gasteiger partial charge >= 0.3 is 0 Å². The van der Waals surface area contributed by atoms with E-state index in [2.05, 4.69) is 21.3 Å². The maximum Gasteiger partial charge on any atom is 0.129 e. The largest absolute Gasteiger partial charge is 0.462 e. The van der Waals surface area contributed by atoms with Gasteiger partial charge in [-0.05, 0) is 37.1 Å². The van der Waals surface area contributed by atoms with Gasteiger partial charge in [0.15, 0.2) is 0 Å². The Labute approximate surface area is 118 Å². The Morgan fingerprint density at radius 3 is 2.60 bits per heavy atom. The summed E-state index contributed by atoms with van der Waals surface area (Å²) < 4.78 is 5.42. The normalized spacial score (nSPS) is 14.8. The minimum Gasteiger partial charge on any atom is -0.462 e. The fourth-order valence-electron chi connectivity index (χ4n) is 2.42. The van der Waals surface area contributed by atoms with Crippen molar-refractivity contribution in [2.75, 3.05) is 23.3 Å². The number of nitrogens with zero attached hydrogens (tertiary/aromatic N) is 2. The summed E-state index contributed by atoms with van der Waals surface area (Å²) in [6.45, 7) is 2.74. The summed E-state index contributed by atoms with van der Waals surface area (Å²) in [6, 6.07) is 7.74. The first kappa shape index (κ1) is 13.0. The van der Waals surface area contributed by atoms with Gasteiger partial charge in [-0.15, -0.1) is 0 Å². The Kier molecular flexibility index (Phi) is 3.87. The second-order valence-electron chi connectivity index (χ2n) is 4.98. The van der Waals surface area contributed by atoms with E-state index in [4.69, 9.17) is 9.52 Å². The third-order valence-electron chi connectivity index (χ3n) is 3.52. The molecule has 0 aliphatic carbocycles. The van der Waals surface area contributed by atoms with Crippen molar-refractivity contribution in [3.8, 4) is 0 Å². The van der Waals surface area contributed by atoms with Crippen molar-refractivity contribution in [3.05, 3.63) is 42.0 Å². The second-order valence-corrected chi connectivity index (χ2v) is 4.98. The molecule has 1 fully saturated rings. The Hall–Kier alpha value is -2.01. The molecule has 5 heteroatoms. The number of anilines is 2. The van der Waals surface area contributed by atoms with E-state index < -0.39 is 0 Å². The van der Waals surface area contributed by atoms with E-state index in [-0.39, 0.29) is 6.61 Å². The summed E-state index contributed by atoms with van der Waals surface area (Å²) in [6.07, 6.45) is 4.37. The van der Waals surface area contributed by atoms with Gasteiger partial charge in [0.2, 0.25) is 0 Å². The van der Waals surface area contributed by atoms with Gasteiger partial charge < -0.3 is 19.7 Å². The number of hydrogen-bond donors (Lipinski definition) is 2. The SMILES string of the molecule is OCc1ccc(CNc2ccc(N3CCCC3)nc2)o1. The monoisotopic (exact) mass is 273 g/mol. The summed E-state index contributed by atoms with van der Waals surface area (Å²) >= 11 is 0. The van der Waals surface area contributed by atoms with Crippen LogP contribution in [0.5, 0.6) is 0 Å². The van der Waals surface area contributed by atoms with Crippen LogP contribution in [0.4, 0.5) is 11.5 Å². The smallest absolute Gasteiger partial charge is 0.129 e. The highest BCUT2D eigenvalue weighted by atomic mass is 16.4. The zero-order valence-corrected chi connectivity index (χ0v) is 11.4. The van der Waals surface area contributed by atoms with E-state index in [0.29, 0.717) is 12.3 Å². The molecule has 0 spiro atoms. The van der Waals surface area contributed by atoms with E-state index in [1.807, 2.05) is 18.3 Å². The maximum atomic E-state index is 8.94. The van der Waals surface area contributed by atoms with Crippen LogP contribution in [0.1, 0.15) is 24.4 Å². The summed E-state index contributed by atoms with van der Waals surface area (Å²) in [4.78, 5) is 6.80. The van der Waals surface area contributed by atoms with Crippen molar-refractivity contribution in [1.82, 2.24) is 4.98 Å². The topological polar surface area (TPSA) is 61.5 Å². The van der Waals surface area contributed by atoms with Crippen LogP contribution in [-0.2, 0) is 13.2 Å². The van der Waals surface area contributed by atoms with Crippen LogP contribution in [0.2, 0.25) is 0 Å². The molecule has 0 saturated carbocycles. The highest BCUT2D eigenvalue weighted by Gasteiger charge is 2.12. The average Bonchev–Trinajstić information content (AvgIpc) is 3.17. The molecule has 0 aromatic carbocycles. The van der Waals surface area contributed by atoms with Crippen molar-refractivity contribution < 1.29 is 9.52 Å². The molecule has 1 saturated heterocycles. The molecule has 20 heavy (non-hydrogen) atoms. The molecule has 106 valence electrons. The maximum absolute atomic E-state index is 8.94. The van der Waals surface area contributed by atoms with Crippen LogP contribution in [0.25, 0.3) is 0 Å².